The largest absolute Gasteiger partial charge is 0.367 e. The Kier molecular flexibility index (Phi) is 4.14. The third-order valence-electron chi connectivity index (χ3n) is 2.98. The topological polar surface area (TPSA) is 29.5 Å². The lowest BCUT2D eigenvalue weighted by Crippen LogP contribution is -2.38. The highest BCUT2D eigenvalue weighted by atomic mass is 16.7. The van der Waals surface area contributed by atoms with Gasteiger partial charge in [-0.3, -0.25) is 0 Å². The van der Waals surface area contributed by atoms with E-state index < -0.39 is 5.41 Å². The molecule has 3 nitrogen and oxygen atoms in total. The Labute approximate surface area is 92.7 Å². The van der Waals surface area contributed by atoms with Gasteiger partial charge in [0.05, 0.1) is 5.41 Å². The zero-order valence-electron chi connectivity index (χ0n) is 10.4. The lowest BCUT2D eigenvalue weighted by molar-refractivity contribution is -0.206. The molecule has 1 saturated heterocycles. The minimum atomic E-state index is -0.401. The van der Waals surface area contributed by atoms with Crippen LogP contribution >= 0.6 is 0 Å². The summed E-state index contributed by atoms with van der Waals surface area (Å²) in [6.45, 7) is 9.65. The maximum absolute atomic E-state index is 11.6. The molecule has 1 fully saturated rings. The Morgan fingerprint density at radius 2 is 1.87 bits per heavy atom. The molecule has 1 aliphatic heterocycles. The summed E-state index contributed by atoms with van der Waals surface area (Å²) in [5, 5.41) is 1.82. The van der Waals surface area contributed by atoms with E-state index in [1.807, 2.05) is 25.8 Å². The van der Waals surface area contributed by atoms with Gasteiger partial charge in [-0.2, -0.15) is 0 Å². The van der Waals surface area contributed by atoms with Gasteiger partial charge in [-0.25, -0.2) is 4.79 Å². The average molecular weight is 213 g/mol. The van der Waals surface area contributed by atoms with E-state index in [4.69, 9.17) is 4.84 Å². The zero-order chi connectivity index (χ0) is 11.5. The summed E-state index contributed by atoms with van der Waals surface area (Å²) in [4.78, 5) is 17.0. The van der Waals surface area contributed by atoms with Gasteiger partial charge < -0.3 is 4.84 Å². The molecule has 0 saturated carbocycles. The first-order chi connectivity index (χ1) is 6.93. The fourth-order valence-electron chi connectivity index (χ4n) is 1.66. The molecule has 3 heteroatoms. The van der Waals surface area contributed by atoms with Gasteiger partial charge >= 0.3 is 5.97 Å². The Bertz CT molecular complexity index is 212. The Hall–Kier alpha value is -0.570. The van der Waals surface area contributed by atoms with Gasteiger partial charge in [0.2, 0.25) is 0 Å². The van der Waals surface area contributed by atoms with Crippen LogP contribution in [-0.4, -0.2) is 24.1 Å². The smallest absolute Gasteiger partial charge is 0.330 e. The van der Waals surface area contributed by atoms with E-state index in [-0.39, 0.29) is 5.97 Å². The Morgan fingerprint density at radius 3 is 2.27 bits per heavy atom. The van der Waals surface area contributed by atoms with Crippen LogP contribution in [0.4, 0.5) is 0 Å². The normalized spacial score (nSPS) is 20.3. The van der Waals surface area contributed by atoms with Crippen molar-refractivity contribution >= 4 is 5.97 Å². The fourth-order valence-corrected chi connectivity index (χ4v) is 1.66. The van der Waals surface area contributed by atoms with E-state index in [1.165, 1.54) is 6.42 Å². The third-order valence-corrected chi connectivity index (χ3v) is 2.98. The predicted molar refractivity (Wildman–Crippen MR) is 60.1 cm³/mol. The number of carbonyl (C=O) groups is 1. The van der Waals surface area contributed by atoms with Crippen molar-refractivity contribution in [2.45, 2.75) is 47.0 Å². The fraction of sp³-hybridized carbons (Fsp3) is 0.917. The van der Waals surface area contributed by atoms with Gasteiger partial charge in [-0.1, -0.05) is 13.3 Å². The summed E-state index contributed by atoms with van der Waals surface area (Å²) in [6.07, 6.45) is 3.53. The van der Waals surface area contributed by atoms with Crippen LogP contribution in [0.1, 0.15) is 47.0 Å². The van der Waals surface area contributed by atoms with E-state index in [1.54, 1.807) is 0 Å². The minimum Gasteiger partial charge on any atom is -0.367 e. The van der Waals surface area contributed by atoms with Crippen LogP contribution in [0.2, 0.25) is 0 Å². The summed E-state index contributed by atoms with van der Waals surface area (Å²) in [7, 11) is 0. The molecule has 0 aromatic rings. The number of hydroxylamine groups is 2. The summed E-state index contributed by atoms with van der Waals surface area (Å²) in [5.41, 5.74) is -0.401. The van der Waals surface area contributed by atoms with Crippen LogP contribution in [0, 0.1) is 11.3 Å². The SMILES string of the molecule is CCC1CCN(OC(=O)C(C)(C)C)CC1. The first kappa shape index (κ1) is 12.5. The minimum absolute atomic E-state index is 0.127. The molecule has 88 valence electrons. The van der Waals surface area contributed by atoms with Gasteiger partial charge in [0, 0.05) is 13.1 Å². The second kappa shape index (κ2) is 4.97. The van der Waals surface area contributed by atoms with E-state index >= 15 is 0 Å². The second-order valence-electron chi connectivity index (χ2n) is 5.41. The van der Waals surface area contributed by atoms with Crippen molar-refractivity contribution in [3.05, 3.63) is 0 Å². The summed E-state index contributed by atoms with van der Waals surface area (Å²) in [5.74, 6) is 0.687. The molecule has 0 bridgehead atoms. The molecule has 15 heavy (non-hydrogen) atoms. The van der Waals surface area contributed by atoms with Gasteiger partial charge in [0.1, 0.15) is 0 Å². The predicted octanol–water partition coefficient (Wildman–Crippen LogP) is 2.61. The molecule has 0 N–H and O–H groups in total. The van der Waals surface area contributed by atoms with Gasteiger partial charge in [-0.05, 0) is 39.5 Å². The number of carbonyl (C=O) groups excluding carboxylic acids is 1. The number of hydrogen-bond donors (Lipinski definition) is 0. The maximum Gasteiger partial charge on any atom is 0.330 e. The van der Waals surface area contributed by atoms with Crippen LogP contribution in [0.3, 0.4) is 0 Å². The number of hydrogen-bond acceptors (Lipinski definition) is 3. The molecule has 0 aromatic heterocycles. The summed E-state index contributed by atoms with van der Waals surface area (Å²) in [6, 6.07) is 0. The molecule has 0 aliphatic carbocycles. The van der Waals surface area contributed by atoms with Crippen LogP contribution in [0.25, 0.3) is 0 Å². The molecule has 0 spiro atoms. The molecule has 0 radical (unpaired) electrons. The van der Waals surface area contributed by atoms with E-state index in [9.17, 15) is 4.79 Å². The van der Waals surface area contributed by atoms with Crippen LogP contribution in [0.15, 0.2) is 0 Å². The van der Waals surface area contributed by atoms with Crippen molar-refractivity contribution in [1.29, 1.82) is 0 Å². The van der Waals surface area contributed by atoms with Crippen molar-refractivity contribution < 1.29 is 9.63 Å². The molecule has 0 unspecified atom stereocenters. The summed E-state index contributed by atoms with van der Waals surface area (Å²) < 4.78 is 0. The zero-order valence-corrected chi connectivity index (χ0v) is 10.4. The number of piperidine rings is 1. The average Bonchev–Trinajstić information content (AvgIpc) is 2.17. The molecule has 1 heterocycles. The van der Waals surface area contributed by atoms with Crippen molar-refractivity contribution in [3.8, 4) is 0 Å². The van der Waals surface area contributed by atoms with Gasteiger partial charge in [0.15, 0.2) is 0 Å². The van der Waals surface area contributed by atoms with Crippen molar-refractivity contribution in [2.75, 3.05) is 13.1 Å². The Balaban J connectivity index is 2.33. The van der Waals surface area contributed by atoms with Crippen LogP contribution < -0.4 is 0 Å². The summed E-state index contributed by atoms with van der Waals surface area (Å²) >= 11 is 0. The van der Waals surface area contributed by atoms with Crippen LogP contribution in [0.5, 0.6) is 0 Å². The molecular weight excluding hydrogens is 190 g/mol. The lowest BCUT2D eigenvalue weighted by Gasteiger charge is -2.31. The van der Waals surface area contributed by atoms with Crippen molar-refractivity contribution in [1.82, 2.24) is 5.06 Å². The Morgan fingerprint density at radius 1 is 1.33 bits per heavy atom. The van der Waals surface area contributed by atoms with E-state index in [0.717, 1.165) is 31.8 Å². The molecule has 0 atom stereocenters. The standard InChI is InChI=1S/C12H23NO2/c1-5-10-6-8-13(9-7-10)15-11(14)12(2,3)4/h10H,5-9H2,1-4H3. The number of rotatable bonds is 2. The molecule has 1 aliphatic rings. The van der Waals surface area contributed by atoms with Gasteiger partial charge in [0.25, 0.3) is 0 Å². The second-order valence-corrected chi connectivity index (χ2v) is 5.41. The highest BCUT2D eigenvalue weighted by molar-refractivity contribution is 5.75. The molecule has 1 rings (SSSR count). The van der Waals surface area contributed by atoms with E-state index in [0.29, 0.717) is 0 Å². The quantitative estimate of drug-likeness (QED) is 0.706. The number of nitrogens with zero attached hydrogens (tertiary/aromatic N) is 1. The van der Waals surface area contributed by atoms with Crippen LogP contribution in [-0.2, 0) is 9.63 Å². The van der Waals surface area contributed by atoms with Crippen molar-refractivity contribution in [3.63, 3.8) is 0 Å². The van der Waals surface area contributed by atoms with E-state index in [2.05, 4.69) is 6.92 Å². The third kappa shape index (κ3) is 3.82. The van der Waals surface area contributed by atoms with Gasteiger partial charge in [-0.15, -0.1) is 5.06 Å². The first-order valence-corrected chi connectivity index (χ1v) is 5.91. The molecular formula is C12H23NO2. The first-order valence-electron chi connectivity index (χ1n) is 5.91. The van der Waals surface area contributed by atoms with Crippen molar-refractivity contribution in [2.24, 2.45) is 11.3 Å². The monoisotopic (exact) mass is 213 g/mol. The maximum atomic E-state index is 11.6. The molecule has 0 amide bonds. The lowest BCUT2D eigenvalue weighted by atomic mass is 9.95. The highest BCUT2D eigenvalue weighted by Crippen LogP contribution is 2.22. The highest BCUT2D eigenvalue weighted by Gasteiger charge is 2.27. The molecule has 0 aromatic carbocycles.